The van der Waals surface area contributed by atoms with Gasteiger partial charge in [-0.15, -0.1) is 0 Å². The molecule has 4 rings (SSSR count). The fraction of sp³-hybridized carbons (Fsp3) is 0.571. The van der Waals surface area contributed by atoms with Gasteiger partial charge < -0.3 is 15.5 Å². The molecule has 3 amide bonds. The lowest BCUT2D eigenvalue weighted by Crippen LogP contribution is -2.48. The molecule has 2 saturated heterocycles. The highest BCUT2D eigenvalue weighted by molar-refractivity contribution is 5.92. The number of amides is 3. The maximum absolute atomic E-state index is 12.5. The quantitative estimate of drug-likeness (QED) is 0.773. The van der Waals surface area contributed by atoms with Crippen LogP contribution in [0.2, 0.25) is 0 Å². The van der Waals surface area contributed by atoms with E-state index in [1.807, 2.05) is 35.2 Å². The van der Waals surface area contributed by atoms with Gasteiger partial charge in [-0.25, -0.2) is 0 Å². The van der Waals surface area contributed by atoms with Crippen molar-refractivity contribution in [3.05, 3.63) is 30.3 Å². The van der Waals surface area contributed by atoms with Crippen LogP contribution in [0.5, 0.6) is 0 Å². The molecule has 1 aromatic rings. The molecule has 7 heteroatoms. The molecule has 0 aromatic heterocycles. The second kappa shape index (κ2) is 8.31. The molecule has 3 fully saturated rings. The highest BCUT2D eigenvalue weighted by Crippen LogP contribution is 2.32. The Morgan fingerprint density at radius 3 is 2.43 bits per heavy atom. The number of para-hydroxylation sites is 1. The van der Waals surface area contributed by atoms with E-state index in [-0.39, 0.29) is 29.7 Å². The highest BCUT2D eigenvalue weighted by Gasteiger charge is 2.42. The molecule has 0 radical (unpaired) electrons. The lowest BCUT2D eigenvalue weighted by atomic mass is 10.0. The third-order valence-corrected chi connectivity index (χ3v) is 5.88. The van der Waals surface area contributed by atoms with Crippen molar-refractivity contribution in [2.75, 3.05) is 31.5 Å². The van der Waals surface area contributed by atoms with Gasteiger partial charge in [0.1, 0.15) is 0 Å². The SMILES string of the molecule is O=C(CN1CCC(NC(=O)C2CC(=O)N(C3CC3)C2)CC1)Nc1ccccc1. The van der Waals surface area contributed by atoms with Crippen LogP contribution >= 0.6 is 0 Å². The molecule has 150 valence electrons. The summed E-state index contributed by atoms with van der Waals surface area (Å²) in [5.41, 5.74) is 0.806. The predicted molar refractivity (Wildman–Crippen MR) is 106 cm³/mol. The van der Waals surface area contributed by atoms with Crippen molar-refractivity contribution in [2.24, 2.45) is 5.92 Å². The minimum atomic E-state index is -0.206. The molecular weight excluding hydrogens is 356 g/mol. The Bertz CT molecular complexity index is 726. The van der Waals surface area contributed by atoms with Gasteiger partial charge in [0.25, 0.3) is 0 Å². The molecule has 1 atom stereocenters. The number of hydrogen-bond acceptors (Lipinski definition) is 4. The summed E-state index contributed by atoms with van der Waals surface area (Å²) in [4.78, 5) is 40.8. The van der Waals surface area contributed by atoms with Gasteiger partial charge in [-0.2, -0.15) is 0 Å². The number of carbonyl (C=O) groups is 3. The largest absolute Gasteiger partial charge is 0.353 e. The lowest BCUT2D eigenvalue weighted by molar-refractivity contribution is -0.129. The maximum atomic E-state index is 12.5. The second-order valence-corrected chi connectivity index (χ2v) is 8.15. The van der Waals surface area contributed by atoms with Gasteiger partial charge in [0.2, 0.25) is 17.7 Å². The van der Waals surface area contributed by atoms with Crippen LogP contribution in [0.3, 0.4) is 0 Å². The molecule has 3 aliphatic rings. The zero-order chi connectivity index (χ0) is 19.5. The first-order chi connectivity index (χ1) is 13.6. The molecule has 2 heterocycles. The lowest BCUT2D eigenvalue weighted by Gasteiger charge is -2.32. The van der Waals surface area contributed by atoms with E-state index in [1.54, 1.807) is 0 Å². The average Bonchev–Trinajstić information content (AvgIpc) is 3.45. The number of likely N-dealkylation sites (tertiary alicyclic amines) is 2. The number of piperidine rings is 1. The maximum Gasteiger partial charge on any atom is 0.238 e. The van der Waals surface area contributed by atoms with Gasteiger partial charge in [-0.3, -0.25) is 19.3 Å². The molecule has 0 spiro atoms. The third kappa shape index (κ3) is 4.70. The van der Waals surface area contributed by atoms with E-state index in [9.17, 15) is 14.4 Å². The normalized spacial score (nSPS) is 23.6. The van der Waals surface area contributed by atoms with Crippen LogP contribution in [-0.4, -0.2) is 65.8 Å². The van der Waals surface area contributed by atoms with Crippen molar-refractivity contribution >= 4 is 23.4 Å². The number of benzene rings is 1. The zero-order valence-electron chi connectivity index (χ0n) is 16.1. The van der Waals surface area contributed by atoms with Crippen molar-refractivity contribution in [3.8, 4) is 0 Å². The van der Waals surface area contributed by atoms with Gasteiger partial charge in [0, 0.05) is 43.8 Å². The molecule has 1 aromatic carbocycles. The van der Waals surface area contributed by atoms with E-state index in [0.29, 0.717) is 25.6 Å². The van der Waals surface area contributed by atoms with Crippen LogP contribution in [0.1, 0.15) is 32.1 Å². The third-order valence-electron chi connectivity index (χ3n) is 5.88. The Morgan fingerprint density at radius 2 is 1.75 bits per heavy atom. The van der Waals surface area contributed by atoms with Crippen LogP contribution in [0.25, 0.3) is 0 Å². The first-order valence-corrected chi connectivity index (χ1v) is 10.3. The summed E-state index contributed by atoms with van der Waals surface area (Å²) in [5.74, 6) is -0.0835. The van der Waals surface area contributed by atoms with E-state index in [1.165, 1.54) is 0 Å². The van der Waals surface area contributed by atoms with Crippen LogP contribution < -0.4 is 10.6 Å². The second-order valence-electron chi connectivity index (χ2n) is 8.15. The Balaban J connectivity index is 1.17. The number of carbonyl (C=O) groups excluding carboxylic acids is 3. The van der Waals surface area contributed by atoms with E-state index in [0.717, 1.165) is 44.5 Å². The Hall–Kier alpha value is -2.41. The van der Waals surface area contributed by atoms with Crippen molar-refractivity contribution in [1.82, 2.24) is 15.1 Å². The fourth-order valence-corrected chi connectivity index (χ4v) is 4.13. The van der Waals surface area contributed by atoms with E-state index in [2.05, 4.69) is 15.5 Å². The topological polar surface area (TPSA) is 81.8 Å². The smallest absolute Gasteiger partial charge is 0.238 e. The first-order valence-electron chi connectivity index (χ1n) is 10.3. The minimum Gasteiger partial charge on any atom is -0.353 e. The van der Waals surface area contributed by atoms with Crippen LogP contribution in [0.4, 0.5) is 5.69 Å². The van der Waals surface area contributed by atoms with Gasteiger partial charge >= 0.3 is 0 Å². The van der Waals surface area contributed by atoms with Crippen molar-refractivity contribution in [2.45, 2.75) is 44.2 Å². The summed E-state index contributed by atoms with van der Waals surface area (Å²) < 4.78 is 0. The zero-order valence-corrected chi connectivity index (χ0v) is 16.1. The fourth-order valence-electron chi connectivity index (χ4n) is 4.13. The van der Waals surface area contributed by atoms with Crippen LogP contribution in [-0.2, 0) is 14.4 Å². The van der Waals surface area contributed by atoms with Gasteiger partial charge in [-0.05, 0) is 37.8 Å². The molecule has 7 nitrogen and oxygen atoms in total. The van der Waals surface area contributed by atoms with Gasteiger partial charge in [-0.1, -0.05) is 18.2 Å². The number of rotatable bonds is 6. The molecular formula is C21H28N4O3. The summed E-state index contributed by atoms with van der Waals surface area (Å²) in [6.07, 6.45) is 4.17. The number of nitrogens with one attached hydrogen (secondary N) is 2. The molecule has 2 aliphatic heterocycles. The molecule has 0 bridgehead atoms. The van der Waals surface area contributed by atoms with E-state index >= 15 is 0 Å². The van der Waals surface area contributed by atoms with Crippen molar-refractivity contribution in [3.63, 3.8) is 0 Å². The summed E-state index contributed by atoms with van der Waals surface area (Å²) >= 11 is 0. The van der Waals surface area contributed by atoms with Gasteiger partial charge in [0.15, 0.2) is 0 Å². The van der Waals surface area contributed by atoms with Gasteiger partial charge in [0.05, 0.1) is 12.5 Å². The number of anilines is 1. The summed E-state index contributed by atoms with van der Waals surface area (Å²) in [5, 5.41) is 6.04. The monoisotopic (exact) mass is 384 g/mol. The molecule has 28 heavy (non-hydrogen) atoms. The molecule has 1 saturated carbocycles. The van der Waals surface area contributed by atoms with Crippen molar-refractivity contribution < 1.29 is 14.4 Å². The average molecular weight is 384 g/mol. The summed E-state index contributed by atoms with van der Waals surface area (Å²) in [6, 6.07) is 9.97. The molecule has 1 unspecified atom stereocenters. The van der Waals surface area contributed by atoms with E-state index in [4.69, 9.17) is 0 Å². The Labute approximate surface area is 165 Å². The Kier molecular flexibility index (Phi) is 5.62. The summed E-state index contributed by atoms with van der Waals surface area (Å²) in [6.45, 7) is 2.51. The minimum absolute atomic E-state index is 0.0109. The van der Waals surface area contributed by atoms with Crippen LogP contribution in [0.15, 0.2) is 30.3 Å². The van der Waals surface area contributed by atoms with Crippen molar-refractivity contribution in [1.29, 1.82) is 0 Å². The highest BCUT2D eigenvalue weighted by atomic mass is 16.2. The number of nitrogens with zero attached hydrogens (tertiary/aromatic N) is 2. The predicted octanol–water partition coefficient (Wildman–Crippen LogP) is 1.22. The molecule has 2 N–H and O–H groups in total. The Morgan fingerprint density at radius 1 is 1.04 bits per heavy atom. The van der Waals surface area contributed by atoms with E-state index < -0.39 is 0 Å². The summed E-state index contributed by atoms with van der Waals surface area (Å²) in [7, 11) is 0. The number of hydrogen-bond donors (Lipinski definition) is 2. The van der Waals surface area contributed by atoms with Crippen LogP contribution in [0, 0.1) is 5.92 Å². The standard InChI is InChI=1S/C21H28N4O3/c26-19(22-16-4-2-1-3-5-16)14-24-10-8-17(9-11-24)23-21(28)15-12-20(27)25(13-15)18-6-7-18/h1-5,15,17-18H,6-14H2,(H,22,26)(H,23,28). The molecule has 1 aliphatic carbocycles. The first kappa shape index (κ1) is 18.9.